The molecule has 0 bridgehead atoms. The molecule has 1 fully saturated rings. The average molecular weight is 460 g/mol. The molecule has 180 valence electrons. The second kappa shape index (κ2) is 10.3. The highest BCUT2D eigenvalue weighted by atomic mass is 19.3. The lowest BCUT2D eigenvalue weighted by Crippen LogP contribution is -2.49. The van der Waals surface area contributed by atoms with Crippen LogP contribution < -0.4 is 10.1 Å². The lowest BCUT2D eigenvalue weighted by molar-refractivity contribution is -0.0517. The van der Waals surface area contributed by atoms with Crippen LogP contribution in [0.4, 0.5) is 23.7 Å². The molecule has 1 aliphatic heterocycles. The van der Waals surface area contributed by atoms with Crippen LogP contribution in [-0.2, 0) is 9.47 Å². The molecule has 0 aliphatic carbocycles. The number of alkyl halides is 2. The van der Waals surface area contributed by atoms with Gasteiger partial charge in [0.2, 0.25) is 0 Å². The highest BCUT2D eigenvalue weighted by molar-refractivity contribution is 5.91. The van der Waals surface area contributed by atoms with E-state index in [9.17, 15) is 22.8 Å². The molecule has 0 radical (unpaired) electrons. The Morgan fingerprint density at radius 2 is 1.91 bits per heavy atom. The summed E-state index contributed by atoms with van der Waals surface area (Å²) in [6, 6.07) is 1.62. The first-order valence-electron chi connectivity index (χ1n) is 10.4. The molecular formula is C22H31F3N2O5. The summed E-state index contributed by atoms with van der Waals surface area (Å²) in [7, 11) is 1.14. The summed E-state index contributed by atoms with van der Waals surface area (Å²) in [5, 5.41) is 3.01. The van der Waals surface area contributed by atoms with Gasteiger partial charge in [-0.3, -0.25) is 0 Å². The summed E-state index contributed by atoms with van der Waals surface area (Å²) < 4.78 is 54.5. The van der Waals surface area contributed by atoms with Gasteiger partial charge in [-0.2, -0.15) is 8.78 Å². The number of anilines is 1. The third kappa shape index (κ3) is 6.67. The minimum absolute atomic E-state index is 0.0490. The normalized spacial score (nSPS) is 20.0. The lowest BCUT2D eigenvalue weighted by Gasteiger charge is -2.40. The zero-order chi connectivity index (χ0) is 24.2. The predicted octanol–water partition coefficient (Wildman–Crippen LogP) is 5.05. The molecule has 7 nitrogen and oxygen atoms in total. The number of nitrogens with one attached hydrogen (secondary N) is 1. The van der Waals surface area contributed by atoms with Crippen molar-refractivity contribution in [3.63, 3.8) is 0 Å². The number of rotatable bonds is 6. The topological polar surface area (TPSA) is 77.1 Å². The molecular weight excluding hydrogens is 429 g/mol. The van der Waals surface area contributed by atoms with Crippen LogP contribution in [0.5, 0.6) is 5.75 Å². The Hall–Kier alpha value is -2.65. The molecule has 1 aromatic rings. The summed E-state index contributed by atoms with van der Waals surface area (Å²) in [6.07, 6.45) is 0.865. The Balaban J connectivity index is 2.16. The second-order valence-electron chi connectivity index (χ2n) is 8.95. The van der Waals surface area contributed by atoms with E-state index in [1.807, 2.05) is 13.8 Å². The molecule has 0 spiro atoms. The fraction of sp³-hybridized carbons (Fsp3) is 0.636. The van der Waals surface area contributed by atoms with E-state index >= 15 is 0 Å². The van der Waals surface area contributed by atoms with E-state index < -0.39 is 29.7 Å². The van der Waals surface area contributed by atoms with Crippen LogP contribution >= 0.6 is 0 Å². The Morgan fingerprint density at radius 1 is 1.25 bits per heavy atom. The molecule has 1 N–H and O–H groups in total. The molecule has 1 amide bonds. The van der Waals surface area contributed by atoms with E-state index in [1.54, 1.807) is 25.7 Å². The third-order valence-electron chi connectivity index (χ3n) is 5.31. The number of benzene rings is 1. The number of ether oxygens (including phenoxy) is 3. The molecule has 1 aliphatic rings. The average Bonchev–Trinajstić information content (AvgIpc) is 2.67. The number of carbonyl (C=O) groups excluding carboxylic acids is 2. The molecule has 3 atom stereocenters. The van der Waals surface area contributed by atoms with E-state index in [4.69, 9.17) is 4.74 Å². The molecule has 1 aromatic carbocycles. The first-order chi connectivity index (χ1) is 14.8. The summed E-state index contributed by atoms with van der Waals surface area (Å²) in [6.45, 7) is 6.37. The number of methoxy groups -OCH3 is 1. The molecule has 10 heteroatoms. The Labute approximate surface area is 186 Å². The maximum atomic E-state index is 14.4. The van der Waals surface area contributed by atoms with Gasteiger partial charge >= 0.3 is 18.7 Å². The van der Waals surface area contributed by atoms with Crippen molar-refractivity contribution in [1.82, 2.24) is 4.90 Å². The number of likely N-dealkylation sites (tertiary alicyclic amines) is 1. The Kier molecular flexibility index (Phi) is 8.25. The van der Waals surface area contributed by atoms with Crippen molar-refractivity contribution in [2.45, 2.75) is 71.8 Å². The minimum Gasteiger partial charge on any atom is -0.465 e. The standard InChI is InChI=1S/C22H31F3N2O5/c1-12-9-14(7-8-27(12)21(29)32-22(3,4)5)13(2)26-17-11-15(19(28)30-6)10-16(23)18(17)31-20(24)25/h10-14,20,26H,7-9H2,1-6H3/t12?,13-,14?/m0/s1. The maximum Gasteiger partial charge on any atom is 0.410 e. The highest BCUT2D eigenvalue weighted by Gasteiger charge is 2.34. The number of amides is 1. The summed E-state index contributed by atoms with van der Waals surface area (Å²) >= 11 is 0. The van der Waals surface area contributed by atoms with Gasteiger partial charge in [-0.15, -0.1) is 0 Å². The zero-order valence-corrected chi connectivity index (χ0v) is 19.2. The number of hydrogen-bond acceptors (Lipinski definition) is 6. The number of esters is 1. The summed E-state index contributed by atoms with van der Waals surface area (Å²) in [4.78, 5) is 25.9. The van der Waals surface area contributed by atoms with Crippen LogP contribution in [0.2, 0.25) is 0 Å². The van der Waals surface area contributed by atoms with Crippen molar-refractivity contribution >= 4 is 17.7 Å². The van der Waals surface area contributed by atoms with Gasteiger partial charge < -0.3 is 24.4 Å². The second-order valence-corrected chi connectivity index (χ2v) is 8.95. The molecule has 2 rings (SSSR count). The summed E-state index contributed by atoms with van der Waals surface area (Å²) in [5.74, 6) is -2.52. The predicted molar refractivity (Wildman–Crippen MR) is 113 cm³/mol. The van der Waals surface area contributed by atoms with Gasteiger partial charge in [0.15, 0.2) is 11.6 Å². The van der Waals surface area contributed by atoms with Gasteiger partial charge in [-0.25, -0.2) is 14.0 Å². The largest absolute Gasteiger partial charge is 0.465 e. The lowest BCUT2D eigenvalue weighted by atomic mass is 9.86. The van der Waals surface area contributed by atoms with Crippen molar-refractivity contribution in [3.05, 3.63) is 23.5 Å². The molecule has 1 heterocycles. The Bertz CT molecular complexity index is 829. The quantitative estimate of drug-likeness (QED) is 0.599. The fourth-order valence-electron chi connectivity index (χ4n) is 3.76. The number of hydrogen-bond donors (Lipinski definition) is 1. The first kappa shape index (κ1) is 25.6. The van der Waals surface area contributed by atoms with Gasteiger partial charge in [0.25, 0.3) is 0 Å². The fourth-order valence-corrected chi connectivity index (χ4v) is 3.76. The van der Waals surface area contributed by atoms with Crippen molar-refractivity contribution in [2.24, 2.45) is 5.92 Å². The van der Waals surface area contributed by atoms with Gasteiger partial charge in [0.05, 0.1) is 18.4 Å². The van der Waals surface area contributed by atoms with Gasteiger partial charge in [-0.05, 0) is 65.5 Å². The molecule has 1 saturated heterocycles. The van der Waals surface area contributed by atoms with Crippen LogP contribution in [0, 0.1) is 11.7 Å². The first-order valence-corrected chi connectivity index (χ1v) is 10.4. The molecule has 0 saturated carbocycles. The number of carbonyl (C=O) groups is 2. The third-order valence-corrected chi connectivity index (χ3v) is 5.31. The van der Waals surface area contributed by atoms with E-state index in [-0.39, 0.29) is 35.3 Å². The molecule has 2 unspecified atom stereocenters. The maximum absolute atomic E-state index is 14.4. The van der Waals surface area contributed by atoms with Gasteiger partial charge in [-0.1, -0.05) is 0 Å². The van der Waals surface area contributed by atoms with Crippen LogP contribution in [-0.4, -0.2) is 54.9 Å². The monoisotopic (exact) mass is 460 g/mol. The van der Waals surface area contributed by atoms with E-state index in [2.05, 4.69) is 14.8 Å². The van der Waals surface area contributed by atoms with Gasteiger partial charge in [0, 0.05) is 18.6 Å². The molecule has 0 aromatic heterocycles. The summed E-state index contributed by atoms with van der Waals surface area (Å²) in [5.41, 5.74) is -0.798. The molecule has 32 heavy (non-hydrogen) atoms. The highest BCUT2D eigenvalue weighted by Crippen LogP contribution is 2.35. The number of nitrogens with zero attached hydrogens (tertiary/aromatic N) is 1. The van der Waals surface area contributed by atoms with Crippen molar-refractivity contribution in [2.75, 3.05) is 19.0 Å². The van der Waals surface area contributed by atoms with Crippen molar-refractivity contribution in [1.29, 1.82) is 0 Å². The zero-order valence-electron chi connectivity index (χ0n) is 19.2. The van der Waals surface area contributed by atoms with Crippen LogP contribution in [0.15, 0.2) is 12.1 Å². The van der Waals surface area contributed by atoms with Crippen molar-refractivity contribution < 1.29 is 37.0 Å². The van der Waals surface area contributed by atoms with Crippen molar-refractivity contribution in [3.8, 4) is 5.75 Å². The Morgan fingerprint density at radius 3 is 2.44 bits per heavy atom. The number of halogens is 3. The van der Waals surface area contributed by atoms with Crippen LogP contribution in [0.25, 0.3) is 0 Å². The smallest absolute Gasteiger partial charge is 0.410 e. The van der Waals surface area contributed by atoms with Crippen LogP contribution in [0.3, 0.4) is 0 Å². The minimum atomic E-state index is -3.23. The van der Waals surface area contributed by atoms with E-state index in [0.29, 0.717) is 19.4 Å². The van der Waals surface area contributed by atoms with Gasteiger partial charge in [0.1, 0.15) is 5.60 Å². The number of piperidine rings is 1. The van der Waals surface area contributed by atoms with E-state index in [1.165, 1.54) is 6.07 Å². The van der Waals surface area contributed by atoms with E-state index in [0.717, 1.165) is 13.2 Å². The SMILES string of the molecule is COC(=O)c1cc(F)c(OC(F)F)c(N[C@@H](C)C2CCN(C(=O)OC(C)(C)C)C(C)C2)c1. The van der Waals surface area contributed by atoms with Crippen LogP contribution in [0.1, 0.15) is 57.8 Å².